The largest absolute Gasteiger partial charge is 0.209 e. The summed E-state index contributed by atoms with van der Waals surface area (Å²) in [6.07, 6.45) is 0. The SMILES string of the molecule is [2H][B]P=S=O. The third-order valence-electron chi connectivity index (χ3n) is 0.0430. The van der Waals surface area contributed by atoms with E-state index >= 15 is 0 Å². The molecule has 1 radical (unpaired) electrons. The van der Waals surface area contributed by atoms with Gasteiger partial charge in [0.2, 0.25) is 0 Å². The van der Waals surface area contributed by atoms with E-state index in [1.54, 1.807) is 0 Å². The smallest absolute Gasteiger partial charge is 0.180 e. The summed E-state index contributed by atoms with van der Waals surface area (Å²) in [6, 6.07) is 0. The van der Waals surface area contributed by atoms with Crippen LogP contribution in [0.15, 0.2) is 0 Å². The van der Waals surface area contributed by atoms with Gasteiger partial charge < -0.3 is 0 Å². The van der Waals surface area contributed by atoms with Crippen molar-refractivity contribution < 1.29 is 4.21 Å². The van der Waals surface area contributed by atoms with Crippen LogP contribution in [0.1, 0.15) is 0 Å². The molecule has 0 aromatic heterocycles. The van der Waals surface area contributed by atoms with E-state index in [1.807, 2.05) is 0 Å². The van der Waals surface area contributed by atoms with Gasteiger partial charge in [-0.1, -0.05) is 7.23 Å². The van der Waals surface area contributed by atoms with Gasteiger partial charge in [-0.3, -0.25) is 0 Å². The van der Waals surface area contributed by atoms with E-state index in [1.165, 1.54) is 0 Å². The molecule has 0 aliphatic heterocycles. The lowest BCUT2D eigenvalue weighted by molar-refractivity contribution is 0.701. The Balaban J connectivity index is 2.93. The van der Waals surface area contributed by atoms with Crippen molar-refractivity contribution in [2.75, 3.05) is 0 Å². The maximum Gasteiger partial charge on any atom is 0.180 e. The molecule has 0 aromatic rings. The predicted octanol–water partition coefficient (Wildman–Crippen LogP) is -0.124. The fraction of sp³-hybridized carbons (Fsp3) is 0. The van der Waals surface area contributed by atoms with Gasteiger partial charge in [0.15, 0.2) is 7.53 Å². The Morgan fingerprint density at radius 2 is 3.25 bits per heavy atom. The van der Waals surface area contributed by atoms with E-state index in [2.05, 4.69) is 0 Å². The Bertz CT molecular complexity index is 58.7. The molecule has 21 valence electrons. The molecule has 0 saturated heterocycles. The number of hydrogen-bond acceptors (Lipinski definition) is 1. The zero-order chi connectivity index (χ0) is 4.12. The minimum Gasteiger partial charge on any atom is -0.209 e. The summed E-state index contributed by atoms with van der Waals surface area (Å²) in [5.41, 5.74) is 0. The van der Waals surface area contributed by atoms with Gasteiger partial charge in [-0.05, 0) is 1.34 Å². The third kappa shape index (κ3) is 2.38. The molecule has 0 aliphatic rings. The molecule has 0 saturated carbocycles. The zero-order valence-corrected chi connectivity index (χ0v) is 3.55. The Kier molecular flexibility index (Phi) is 2.21. The first-order chi connectivity index (χ1) is 2.41. The van der Waals surface area contributed by atoms with Crippen LogP contribution in [-0.4, -0.2) is 13.1 Å². The van der Waals surface area contributed by atoms with E-state index in [-0.39, 0.29) is 0 Å². The van der Waals surface area contributed by atoms with Crippen LogP contribution in [0.25, 0.3) is 0 Å². The monoisotopic (exact) mass is 92.0 g/mol. The summed E-state index contributed by atoms with van der Waals surface area (Å²) in [4.78, 5) is 0. The van der Waals surface area contributed by atoms with Gasteiger partial charge in [0.25, 0.3) is 0 Å². The highest BCUT2D eigenvalue weighted by Gasteiger charge is 1.35. The van der Waals surface area contributed by atoms with Crippen LogP contribution in [-0.2, 0) is 10.8 Å². The second-order valence-electron chi connectivity index (χ2n) is 0.180. The van der Waals surface area contributed by atoms with Gasteiger partial charge in [0.1, 0.15) is 10.8 Å². The second-order valence-corrected chi connectivity index (χ2v) is 1.62. The maximum absolute atomic E-state index is 9.28. The number of rotatable bonds is 1. The maximum atomic E-state index is 9.28. The fourth-order valence-electron chi connectivity index (χ4n) is 0. The van der Waals surface area contributed by atoms with Crippen LogP contribution < -0.4 is 0 Å². The van der Waals surface area contributed by atoms with Crippen LogP contribution in [0.4, 0.5) is 0 Å². The average Bonchev–Trinajstić information content (AvgIpc) is 1.41. The molecule has 0 fully saturated rings. The van der Waals surface area contributed by atoms with Gasteiger partial charge >= 0.3 is 0 Å². The summed E-state index contributed by atoms with van der Waals surface area (Å²) in [7, 11) is 1.92. The average molecular weight is 91.9 g/mol. The Morgan fingerprint density at radius 3 is 3.25 bits per heavy atom. The van der Waals surface area contributed by atoms with Crippen LogP contribution in [0.3, 0.4) is 0 Å². The van der Waals surface area contributed by atoms with E-state index in [0.717, 1.165) is 7.53 Å². The highest BCUT2D eigenvalue weighted by Crippen LogP contribution is 1.69. The summed E-state index contributed by atoms with van der Waals surface area (Å²) >= 11 is 0. The first-order valence-corrected chi connectivity index (χ1v) is 2.92. The molecule has 4 heteroatoms. The molecule has 0 aliphatic carbocycles. The highest BCUT2D eigenvalue weighted by atomic mass is 32.4. The first kappa shape index (κ1) is 2.61. The second kappa shape index (κ2) is 3.38. The zero-order valence-electron chi connectivity index (χ0n) is 2.84. The van der Waals surface area contributed by atoms with Crippen LogP contribution >= 0.6 is 7.23 Å². The van der Waals surface area contributed by atoms with E-state index < -0.39 is 0 Å². The highest BCUT2D eigenvalue weighted by molar-refractivity contribution is 8.10. The quantitative estimate of drug-likeness (QED) is 0.325. The summed E-state index contributed by atoms with van der Waals surface area (Å²) in [5, 5.41) is 0. The van der Waals surface area contributed by atoms with Crippen molar-refractivity contribution >= 4 is 25.6 Å². The van der Waals surface area contributed by atoms with Crippen molar-refractivity contribution in [3.63, 3.8) is 0 Å². The van der Waals surface area contributed by atoms with Gasteiger partial charge in [0, 0.05) is 0 Å². The van der Waals surface area contributed by atoms with Crippen molar-refractivity contribution in [3.05, 3.63) is 0 Å². The van der Waals surface area contributed by atoms with E-state index in [4.69, 9.17) is 1.34 Å². The summed E-state index contributed by atoms with van der Waals surface area (Å²) in [6.45, 7) is 0. The van der Waals surface area contributed by atoms with Crippen molar-refractivity contribution in [3.8, 4) is 0 Å². The molecule has 0 unspecified atom stereocenters. The van der Waals surface area contributed by atoms with Gasteiger partial charge in [-0.15, -0.1) is 0 Å². The van der Waals surface area contributed by atoms with Crippen molar-refractivity contribution in [1.29, 1.82) is 1.34 Å². The lowest BCUT2D eigenvalue weighted by atomic mass is 10.8. The molecule has 0 bridgehead atoms. The number of hydrogen-bond donors (Lipinski definition) is 0. The molecule has 0 atom stereocenters. The Labute approximate surface area is 32.0 Å². The van der Waals surface area contributed by atoms with Crippen LogP contribution in [0.5, 0.6) is 0 Å². The molecule has 0 heterocycles. The minimum absolute atomic E-state index is 0.381. The first-order valence-electron chi connectivity index (χ1n) is 1.18. The molecule has 0 amide bonds. The predicted molar refractivity (Wildman–Crippen MR) is 22.2 cm³/mol. The molecule has 1 nitrogen and oxygen atoms in total. The molecular formula is HBOPS. The Hall–Kier alpha value is 0.385. The lowest BCUT2D eigenvalue weighted by Gasteiger charge is -1.28. The summed E-state index contributed by atoms with van der Waals surface area (Å²) in [5.74, 6) is 0. The van der Waals surface area contributed by atoms with Gasteiger partial charge in [-0.2, -0.15) is 0 Å². The van der Waals surface area contributed by atoms with E-state index in [9.17, 15) is 4.21 Å². The minimum atomic E-state index is 0.381. The van der Waals surface area contributed by atoms with Crippen molar-refractivity contribution in [2.24, 2.45) is 0 Å². The summed E-state index contributed by atoms with van der Waals surface area (Å²) < 4.78 is 15.5. The molecular weight excluding hydrogens is 89.9 g/mol. The molecule has 0 spiro atoms. The standard InChI is InChI=1S/BHOPS/c1-3-4-2/h1H/i1D. The molecule has 0 aromatic carbocycles. The normalized spacial score (nSPS) is 9.50. The molecule has 0 N–H and O–H groups in total. The van der Waals surface area contributed by atoms with E-state index in [0.29, 0.717) is 18.1 Å². The molecule has 4 heavy (non-hydrogen) atoms. The van der Waals surface area contributed by atoms with Crippen LogP contribution in [0, 0.1) is 0 Å². The molecule has 0 rings (SSSR count). The van der Waals surface area contributed by atoms with Gasteiger partial charge in [0.05, 0.1) is 0 Å². The van der Waals surface area contributed by atoms with Crippen molar-refractivity contribution in [2.45, 2.75) is 0 Å². The van der Waals surface area contributed by atoms with Crippen molar-refractivity contribution in [1.82, 2.24) is 0 Å². The topological polar surface area (TPSA) is 17.1 Å². The third-order valence-corrected chi connectivity index (χ3v) is 0.387. The lowest BCUT2D eigenvalue weighted by Crippen LogP contribution is -1.19. The van der Waals surface area contributed by atoms with Gasteiger partial charge in [-0.25, -0.2) is 4.21 Å². The Morgan fingerprint density at radius 1 is 2.50 bits per heavy atom. The van der Waals surface area contributed by atoms with Crippen LogP contribution in [0.2, 0.25) is 0 Å². The fourth-order valence-corrected chi connectivity index (χ4v) is 0.